The van der Waals surface area contributed by atoms with Crippen molar-refractivity contribution >= 4 is 24.2 Å². The Morgan fingerprint density at radius 2 is 1.41 bits per heavy atom. The zero-order valence-electron chi connectivity index (χ0n) is 24.2. The molecule has 0 aromatic heterocycles. The van der Waals surface area contributed by atoms with Crippen LogP contribution in [0, 0.1) is 17.3 Å². The standard InChI is InChI=1S/C28H43NO10/c1-17(2)15-35-26(33)38-22-10-9-20(12-23(22)39-27(34)36-16-18(3)4)11-21(25(31)32)29-14-19(5)37-24(30)13-28(6,7)8/h9-10,12,17-19,21,29H,11,13-16H2,1-8H3,(H,31,32)/t19?,21-/m0/s1. The summed E-state index contributed by atoms with van der Waals surface area (Å²) in [5.74, 6) is -1.54. The van der Waals surface area contributed by atoms with Gasteiger partial charge in [-0.05, 0) is 48.3 Å². The van der Waals surface area contributed by atoms with E-state index in [0.29, 0.717) is 5.56 Å². The molecule has 0 amide bonds. The number of carboxylic acids is 1. The first-order valence-corrected chi connectivity index (χ1v) is 13.0. The van der Waals surface area contributed by atoms with Crippen LogP contribution in [0.15, 0.2) is 18.2 Å². The Balaban J connectivity index is 2.98. The molecular formula is C28H43NO10. The number of carboxylic acid groups (broad SMARTS) is 1. The van der Waals surface area contributed by atoms with Crippen LogP contribution in [-0.2, 0) is 30.2 Å². The van der Waals surface area contributed by atoms with Crippen molar-refractivity contribution in [3.63, 3.8) is 0 Å². The number of esters is 1. The highest BCUT2D eigenvalue weighted by Gasteiger charge is 2.23. The van der Waals surface area contributed by atoms with Gasteiger partial charge >= 0.3 is 24.2 Å². The van der Waals surface area contributed by atoms with E-state index in [0.717, 1.165) is 0 Å². The summed E-state index contributed by atoms with van der Waals surface area (Å²) in [6.07, 6.45) is -2.30. The molecule has 1 rings (SSSR count). The van der Waals surface area contributed by atoms with Crippen molar-refractivity contribution in [3.8, 4) is 11.5 Å². The third-order valence-electron chi connectivity index (χ3n) is 4.86. The van der Waals surface area contributed by atoms with E-state index in [2.05, 4.69) is 5.32 Å². The van der Waals surface area contributed by atoms with Gasteiger partial charge in [-0.25, -0.2) is 9.59 Å². The van der Waals surface area contributed by atoms with E-state index < -0.39 is 30.4 Å². The van der Waals surface area contributed by atoms with Gasteiger partial charge < -0.3 is 34.1 Å². The Labute approximate surface area is 230 Å². The molecule has 0 saturated heterocycles. The van der Waals surface area contributed by atoms with Crippen molar-refractivity contribution in [1.82, 2.24) is 5.32 Å². The van der Waals surface area contributed by atoms with Crippen LogP contribution in [-0.4, -0.2) is 61.3 Å². The van der Waals surface area contributed by atoms with Crippen molar-refractivity contribution < 1.29 is 48.0 Å². The third-order valence-corrected chi connectivity index (χ3v) is 4.86. The lowest BCUT2D eigenvalue weighted by Crippen LogP contribution is -2.42. The first-order valence-electron chi connectivity index (χ1n) is 13.0. The molecular weight excluding hydrogens is 510 g/mol. The molecule has 11 nitrogen and oxygen atoms in total. The highest BCUT2D eigenvalue weighted by molar-refractivity contribution is 5.74. The van der Waals surface area contributed by atoms with E-state index in [1.807, 2.05) is 48.5 Å². The van der Waals surface area contributed by atoms with Gasteiger partial charge in [0.05, 0.1) is 19.6 Å². The maximum Gasteiger partial charge on any atom is 0.513 e. The molecule has 220 valence electrons. The predicted molar refractivity (Wildman–Crippen MR) is 143 cm³/mol. The molecule has 1 unspecified atom stereocenters. The van der Waals surface area contributed by atoms with E-state index in [-0.39, 0.29) is 67.3 Å². The van der Waals surface area contributed by atoms with E-state index >= 15 is 0 Å². The van der Waals surface area contributed by atoms with Gasteiger partial charge in [0, 0.05) is 6.54 Å². The molecule has 0 bridgehead atoms. The molecule has 0 aliphatic heterocycles. The zero-order valence-corrected chi connectivity index (χ0v) is 24.2. The number of ether oxygens (including phenoxy) is 5. The second kappa shape index (κ2) is 15.9. The van der Waals surface area contributed by atoms with Crippen LogP contribution in [0.5, 0.6) is 11.5 Å². The number of rotatable bonds is 14. The van der Waals surface area contributed by atoms with Crippen LogP contribution < -0.4 is 14.8 Å². The van der Waals surface area contributed by atoms with Crippen LogP contribution in [0.25, 0.3) is 0 Å². The van der Waals surface area contributed by atoms with Gasteiger partial charge in [0.2, 0.25) is 0 Å². The van der Waals surface area contributed by atoms with Gasteiger partial charge in [0.15, 0.2) is 11.5 Å². The molecule has 0 heterocycles. The molecule has 0 spiro atoms. The summed E-state index contributed by atoms with van der Waals surface area (Å²) >= 11 is 0. The van der Waals surface area contributed by atoms with Crippen molar-refractivity contribution in [2.45, 2.75) is 80.4 Å². The topological polar surface area (TPSA) is 147 Å². The molecule has 1 aromatic rings. The Kier molecular flexibility index (Phi) is 13.8. The first kappa shape index (κ1) is 33.7. The van der Waals surface area contributed by atoms with Crippen LogP contribution in [0.4, 0.5) is 9.59 Å². The monoisotopic (exact) mass is 553 g/mol. The minimum Gasteiger partial charge on any atom is -0.480 e. The Bertz CT molecular complexity index is 968. The Morgan fingerprint density at radius 1 is 0.872 bits per heavy atom. The van der Waals surface area contributed by atoms with E-state index in [9.17, 15) is 24.3 Å². The second-order valence-electron chi connectivity index (χ2n) is 11.4. The maximum atomic E-state index is 12.2. The number of carbonyl (C=O) groups excluding carboxylic acids is 3. The molecule has 0 saturated carbocycles. The number of nitrogens with one attached hydrogen (secondary N) is 1. The number of hydrogen-bond acceptors (Lipinski definition) is 10. The lowest BCUT2D eigenvalue weighted by Gasteiger charge is -2.21. The first-order chi connectivity index (χ1) is 18.1. The lowest BCUT2D eigenvalue weighted by molar-refractivity contribution is -0.150. The molecule has 11 heteroatoms. The molecule has 0 radical (unpaired) electrons. The molecule has 1 aromatic carbocycles. The Morgan fingerprint density at radius 3 is 1.90 bits per heavy atom. The minimum atomic E-state index is -1.13. The molecule has 39 heavy (non-hydrogen) atoms. The number of benzene rings is 1. The fourth-order valence-electron chi connectivity index (χ4n) is 3.08. The van der Waals surface area contributed by atoms with Crippen molar-refractivity contribution in [2.24, 2.45) is 17.3 Å². The summed E-state index contributed by atoms with van der Waals surface area (Å²) in [5, 5.41) is 12.6. The number of hydrogen-bond donors (Lipinski definition) is 2. The van der Waals surface area contributed by atoms with Crippen LogP contribution in [0.2, 0.25) is 0 Å². The molecule has 2 atom stereocenters. The van der Waals surface area contributed by atoms with Crippen molar-refractivity contribution in [3.05, 3.63) is 23.8 Å². The van der Waals surface area contributed by atoms with Gasteiger partial charge in [0.1, 0.15) is 12.1 Å². The fourth-order valence-corrected chi connectivity index (χ4v) is 3.08. The van der Waals surface area contributed by atoms with Crippen LogP contribution in [0.3, 0.4) is 0 Å². The summed E-state index contributed by atoms with van der Waals surface area (Å²) < 4.78 is 25.9. The lowest BCUT2D eigenvalue weighted by atomic mass is 9.92. The summed E-state index contributed by atoms with van der Waals surface area (Å²) in [5.41, 5.74) is 0.248. The smallest absolute Gasteiger partial charge is 0.480 e. The maximum absolute atomic E-state index is 12.2. The summed E-state index contributed by atoms with van der Waals surface area (Å²) in [4.78, 5) is 48.3. The minimum absolute atomic E-state index is 0.00648. The average molecular weight is 554 g/mol. The SMILES string of the molecule is CC(C)COC(=O)Oc1ccc(C[C@H](NCC(C)OC(=O)CC(C)(C)C)C(=O)O)cc1OC(=O)OCC(C)C. The van der Waals surface area contributed by atoms with E-state index in [1.165, 1.54) is 12.1 Å². The van der Waals surface area contributed by atoms with Gasteiger partial charge in [-0.2, -0.15) is 0 Å². The number of aliphatic carboxylic acids is 1. The molecule has 0 aliphatic carbocycles. The molecule has 0 aliphatic rings. The highest BCUT2D eigenvalue weighted by atomic mass is 16.7. The van der Waals surface area contributed by atoms with Crippen LogP contribution in [0.1, 0.15) is 67.4 Å². The second-order valence-corrected chi connectivity index (χ2v) is 11.4. The van der Waals surface area contributed by atoms with Gasteiger partial charge in [-0.15, -0.1) is 0 Å². The van der Waals surface area contributed by atoms with E-state index in [1.54, 1.807) is 13.0 Å². The Hall–Kier alpha value is -3.34. The largest absolute Gasteiger partial charge is 0.513 e. The van der Waals surface area contributed by atoms with Gasteiger partial charge in [-0.1, -0.05) is 54.5 Å². The molecule has 2 N–H and O–H groups in total. The average Bonchev–Trinajstić information content (AvgIpc) is 2.79. The van der Waals surface area contributed by atoms with Gasteiger partial charge in [0.25, 0.3) is 0 Å². The summed E-state index contributed by atoms with van der Waals surface area (Å²) in [7, 11) is 0. The number of carbonyl (C=O) groups is 4. The molecule has 0 fully saturated rings. The zero-order chi connectivity index (χ0) is 29.8. The van der Waals surface area contributed by atoms with Crippen molar-refractivity contribution in [2.75, 3.05) is 19.8 Å². The van der Waals surface area contributed by atoms with Gasteiger partial charge in [-0.3, -0.25) is 9.59 Å². The fraction of sp³-hybridized carbons (Fsp3) is 0.643. The normalized spacial score (nSPS) is 13.0. The highest BCUT2D eigenvalue weighted by Crippen LogP contribution is 2.30. The third kappa shape index (κ3) is 15.0. The quantitative estimate of drug-likeness (QED) is 0.183. The van der Waals surface area contributed by atoms with Crippen LogP contribution >= 0.6 is 0 Å². The van der Waals surface area contributed by atoms with E-state index in [4.69, 9.17) is 23.7 Å². The summed E-state index contributed by atoms with van der Waals surface area (Å²) in [6, 6.07) is 3.28. The predicted octanol–water partition coefficient (Wildman–Crippen LogP) is 4.98. The summed E-state index contributed by atoms with van der Waals surface area (Å²) in [6.45, 7) is 15.3. The van der Waals surface area contributed by atoms with Crippen molar-refractivity contribution in [1.29, 1.82) is 0 Å².